The van der Waals surface area contributed by atoms with Gasteiger partial charge in [0.05, 0.1) is 0 Å². The Bertz CT molecular complexity index is 1390. The van der Waals surface area contributed by atoms with Crippen molar-refractivity contribution in [2.24, 2.45) is 0 Å². The summed E-state index contributed by atoms with van der Waals surface area (Å²) in [5, 5.41) is 3.63. The summed E-state index contributed by atoms with van der Waals surface area (Å²) in [6.07, 6.45) is 16.9. The van der Waals surface area contributed by atoms with E-state index in [2.05, 4.69) is 163 Å². The van der Waals surface area contributed by atoms with Crippen LogP contribution in [0.1, 0.15) is 37.6 Å². The van der Waals surface area contributed by atoms with Crippen LogP contribution in [0.3, 0.4) is 0 Å². The second-order valence-electron chi connectivity index (χ2n) is 9.59. The SMILES string of the molecule is C=C/C=C(/C=C/c1ccccc1N(C)CCSSCCNc1ccccc1/C=C/c1cccc[n+]1CC)[N+](=C/C)\CC. The monoisotopic (exact) mass is 598 g/mol. The topological polar surface area (TPSA) is 22.2 Å². The lowest BCUT2D eigenvalue weighted by Crippen LogP contribution is -2.34. The number of hydrogen-bond donors (Lipinski definition) is 1. The predicted molar refractivity (Wildman–Crippen MR) is 191 cm³/mol. The van der Waals surface area contributed by atoms with Crippen LogP contribution in [0.15, 0.2) is 103 Å². The molecule has 3 aromatic rings. The van der Waals surface area contributed by atoms with Crippen LogP contribution in [0, 0.1) is 0 Å². The Morgan fingerprint density at radius 2 is 1.67 bits per heavy atom. The highest BCUT2D eigenvalue weighted by molar-refractivity contribution is 8.76. The van der Waals surface area contributed by atoms with Crippen molar-refractivity contribution in [2.75, 3.05) is 48.4 Å². The molecule has 4 nitrogen and oxygen atoms in total. The summed E-state index contributed by atoms with van der Waals surface area (Å²) < 4.78 is 4.46. The highest BCUT2D eigenvalue weighted by Gasteiger charge is 2.09. The average Bonchev–Trinajstić information content (AvgIpc) is 3.03. The maximum Gasteiger partial charge on any atom is 0.205 e. The van der Waals surface area contributed by atoms with Crippen LogP contribution < -0.4 is 14.8 Å². The van der Waals surface area contributed by atoms with Gasteiger partial charge in [0.15, 0.2) is 6.20 Å². The molecular weight excluding hydrogens is 553 g/mol. The fourth-order valence-electron chi connectivity index (χ4n) is 4.58. The number of aromatic nitrogens is 1. The Balaban J connectivity index is 1.46. The van der Waals surface area contributed by atoms with Gasteiger partial charge >= 0.3 is 0 Å². The fourth-order valence-corrected chi connectivity index (χ4v) is 6.53. The zero-order chi connectivity index (χ0) is 30.0. The zero-order valence-corrected chi connectivity index (χ0v) is 27.2. The third-order valence-electron chi connectivity index (χ3n) is 6.86. The third-order valence-corrected chi connectivity index (χ3v) is 9.25. The highest BCUT2D eigenvalue weighted by Crippen LogP contribution is 2.25. The van der Waals surface area contributed by atoms with Gasteiger partial charge in [0, 0.05) is 80.3 Å². The number of nitrogens with one attached hydrogen (secondary N) is 1. The van der Waals surface area contributed by atoms with Crippen molar-refractivity contribution in [3.63, 3.8) is 0 Å². The quantitative estimate of drug-likeness (QED) is 0.0555. The molecule has 2 aromatic carbocycles. The largest absolute Gasteiger partial charge is 0.384 e. The minimum Gasteiger partial charge on any atom is -0.384 e. The van der Waals surface area contributed by atoms with Crippen LogP contribution in [0.25, 0.3) is 18.2 Å². The summed E-state index contributed by atoms with van der Waals surface area (Å²) in [4.78, 5) is 2.35. The molecule has 0 saturated carbocycles. The highest BCUT2D eigenvalue weighted by atomic mass is 33.1. The number of pyridine rings is 1. The summed E-state index contributed by atoms with van der Waals surface area (Å²) >= 11 is 0. The third kappa shape index (κ3) is 10.4. The van der Waals surface area contributed by atoms with E-state index in [-0.39, 0.29) is 0 Å². The van der Waals surface area contributed by atoms with Gasteiger partial charge in [0.1, 0.15) is 19.3 Å². The minimum atomic E-state index is 0.920. The molecule has 0 aliphatic heterocycles. The number of aryl methyl sites for hydroxylation is 1. The molecule has 3 rings (SSSR count). The van der Waals surface area contributed by atoms with Gasteiger partial charge in [-0.05, 0) is 55.3 Å². The van der Waals surface area contributed by atoms with Crippen LogP contribution in [0.5, 0.6) is 0 Å². The van der Waals surface area contributed by atoms with Gasteiger partial charge in [-0.2, -0.15) is 4.57 Å². The Morgan fingerprint density at radius 3 is 2.43 bits per heavy atom. The van der Waals surface area contributed by atoms with Crippen molar-refractivity contribution in [3.8, 4) is 0 Å². The van der Waals surface area contributed by atoms with E-state index in [1.54, 1.807) is 0 Å². The van der Waals surface area contributed by atoms with Crippen LogP contribution >= 0.6 is 21.6 Å². The first kappa shape index (κ1) is 33.0. The summed E-state index contributed by atoms with van der Waals surface area (Å²) in [6.45, 7) is 14.1. The van der Waals surface area contributed by atoms with Gasteiger partial charge in [-0.3, -0.25) is 0 Å². The molecule has 6 heteroatoms. The Kier molecular flexibility index (Phi) is 14.8. The number of rotatable bonds is 17. The van der Waals surface area contributed by atoms with Crippen molar-refractivity contribution in [1.82, 2.24) is 0 Å². The standard InChI is InChI=1S/C36H45N4S2/c1-6-16-33(39(7-2)8-3)25-23-32-18-11-13-21-36(32)38(5)28-30-42-41-29-26-37-35-20-12-10-17-31(35)22-24-34-19-14-15-27-40(34)9-4/h6-7,10-25,27H,1,8-9,26,28-30H2,2-5H3/q+1/p+1/b25-23+,33-16-,39-7-. The molecule has 0 unspecified atom stereocenters. The first-order chi connectivity index (χ1) is 20.6. The molecule has 1 N–H and O–H groups in total. The summed E-state index contributed by atoms with van der Waals surface area (Å²) in [5.41, 5.74) is 7.18. The molecule has 0 spiro atoms. The molecule has 1 heterocycles. The molecule has 0 radical (unpaired) electrons. The number of benzene rings is 2. The number of allylic oxidation sites excluding steroid dienone is 3. The first-order valence-electron chi connectivity index (χ1n) is 14.7. The van der Waals surface area contributed by atoms with E-state index in [1.165, 1.54) is 28.2 Å². The lowest BCUT2D eigenvalue weighted by Gasteiger charge is -2.21. The van der Waals surface area contributed by atoms with Gasteiger partial charge in [-0.15, -0.1) is 0 Å². The molecule has 0 fully saturated rings. The predicted octanol–water partition coefficient (Wildman–Crippen LogP) is 8.30. The molecule has 0 saturated heterocycles. The van der Waals surface area contributed by atoms with E-state index >= 15 is 0 Å². The molecule has 0 bridgehead atoms. The van der Waals surface area contributed by atoms with Gasteiger partial charge in [-0.25, -0.2) is 4.58 Å². The van der Waals surface area contributed by atoms with Crippen molar-refractivity contribution >= 4 is 57.4 Å². The second kappa shape index (κ2) is 18.9. The number of para-hydroxylation sites is 2. The molecule has 220 valence electrons. The first-order valence-corrected chi connectivity index (χ1v) is 17.2. The summed E-state index contributed by atoms with van der Waals surface area (Å²) in [7, 11) is 6.05. The summed E-state index contributed by atoms with van der Waals surface area (Å²) in [6, 6.07) is 23.4. The molecule has 1 aromatic heterocycles. The van der Waals surface area contributed by atoms with Gasteiger partial charge in [0.2, 0.25) is 11.4 Å². The van der Waals surface area contributed by atoms with E-state index in [0.717, 1.165) is 43.4 Å². The smallest absolute Gasteiger partial charge is 0.205 e. The van der Waals surface area contributed by atoms with Gasteiger partial charge in [-0.1, -0.05) is 70.6 Å². The minimum absolute atomic E-state index is 0.920. The average molecular weight is 599 g/mol. The van der Waals surface area contributed by atoms with Crippen molar-refractivity contribution in [1.29, 1.82) is 0 Å². The number of nitrogens with zero attached hydrogens (tertiary/aromatic N) is 3. The molecule has 0 aliphatic carbocycles. The fraction of sp³-hybridized carbons (Fsp3) is 0.278. The molecule has 0 aliphatic rings. The van der Waals surface area contributed by atoms with E-state index < -0.39 is 0 Å². The Morgan fingerprint density at radius 1 is 0.929 bits per heavy atom. The molecule has 0 amide bonds. The number of anilines is 2. The second-order valence-corrected chi connectivity index (χ2v) is 12.3. The van der Waals surface area contributed by atoms with Crippen LogP contribution in [-0.2, 0) is 6.54 Å². The van der Waals surface area contributed by atoms with Gasteiger partial charge < -0.3 is 10.2 Å². The van der Waals surface area contributed by atoms with E-state index in [4.69, 9.17) is 0 Å². The van der Waals surface area contributed by atoms with E-state index in [0.29, 0.717) is 0 Å². The van der Waals surface area contributed by atoms with Crippen LogP contribution in [0.4, 0.5) is 11.4 Å². The van der Waals surface area contributed by atoms with Crippen LogP contribution in [-0.4, -0.2) is 49.0 Å². The van der Waals surface area contributed by atoms with Crippen molar-refractivity contribution < 1.29 is 9.14 Å². The summed E-state index contributed by atoms with van der Waals surface area (Å²) in [5.74, 6) is 2.10. The lowest BCUT2D eigenvalue weighted by atomic mass is 10.1. The number of likely N-dealkylation sites (N-methyl/N-ethyl adjacent to an activating group) is 1. The van der Waals surface area contributed by atoms with Crippen molar-refractivity contribution in [2.45, 2.75) is 27.3 Å². The maximum absolute atomic E-state index is 3.88. The molecular formula is C36H46N4S2+2. The molecule has 0 atom stereocenters. The molecule has 42 heavy (non-hydrogen) atoms. The Labute approximate surface area is 261 Å². The number of hydrogen-bond acceptors (Lipinski definition) is 4. The van der Waals surface area contributed by atoms with E-state index in [1.807, 2.05) is 27.7 Å². The Hall–Kier alpha value is -3.48. The normalized spacial score (nSPS) is 12.3. The van der Waals surface area contributed by atoms with Crippen molar-refractivity contribution in [3.05, 3.63) is 120 Å². The van der Waals surface area contributed by atoms with E-state index in [9.17, 15) is 0 Å². The lowest BCUT2D eigenvalue weighted by molar-refractivity contribution is -0.695. The van der Waals surface area contributed by atoms with Crippen LogP contribution in [0.2, 0.25) is 0 Å². The van der Waals surface area contributed by atoms with Gasteiger partial charge in [0.25, 0.3) is 0 Å². The maximum atomic E-state index is 3.88. The zero-order valence-electron chi connectivity index (χ0n) is 25.6.